The highest BCUT2D eigenvalue weighted by Crippen LogP contribution is 1.99. The topological polar surface area (TPSA) is 49.7 Å². The van der Waals surface area contributed by atoms with Crippen molar-refractivity contribution in [2.45, 2.75) is 6.10 Å². The molecule has 0 amide bonds. The first-order valence-electron chi connectivity index (χ1n) is 3.37. The van der Waals surface area contributed by atoms with Crippen LogP contribution in [0.1, 0.15) is 0 Å². The zero-order valence-electron chi connectivity index (χ0n) is 6.77. The lowest BCUT2D eigenvalue weighted by Crippen LogP contribution is -2.07. The molecule has 1 atom stereocenters. The molecule has 0 unspecified atom stereocenters. The van der Waals surface area contributed by atoms with Crippen molar-refractivity contribution in [1.29, 1.82) is 0 Å². The second-order valence-electron chi connectivity index (χ2n) is 1.94. The molecular weight excluding hydrogens is 196 g/mol. The predicted molar refractivity (Wildman–Crippen MR) is 54.3 cm³/mol. The van der Waals surface area contributed by atoms with Gasteiger partial charge in [0.1, 0.15) is 6.61 Å². The minimum atomic E-state index is -0.809. The fourth-order valence-corrected chi connectivity index (χ4v) is 0.703. The molecule has 0 radical (unpaired) electrons. The highest BCUT2D eigenvalue weighted by molar-refractivity contribution is 8.22. The maximum absolute atomic E-state index is 8.85. The van der Waals surface area contributed by atoms with Gasteiger partial charge in [0.2, 0.25) is 4.38 Å². The molecule has 0 bridgehead atoms. The molecule has 0 aromatic carbocycles. The maximum Gasteiger partial charge on any atom is 0.220 e. The number of aliphatic hydroxyl groups is 2. The van der Waals surface area contributed by atoms with E-state index in [2.05, 4.69) is 0 Å². The van der Waals surface area contributed by atoms with Gasteiger partial charge in [0.05, 0.1) is 12.7 Å². The normalized spacial score (nSPS) is 13.2. The van der Waals surface area contributed by atoms with Gasteiger partial charge in [0.25, 0.3) is 0 Å². The summed E-state index contributed by atoms with van der Waals surface area (Å²) >= 11 is 6.11. The van der Waals surface area contributed by atoms with Gasteiger partial charge in [-0.15, -0.1) is 0 Å². The zero-order valence-corrected chi connectivity index (χ0v) is 8.40. The summed E-state index contributed by atoms with van der Waals surface area (Å²) in [6.07, 6.45) is 4.09. The molecule has 0 aromatic rings. The molecule has 0 aliphatic rings. The number of thiocarbonyl (C=S) groups is 1. The first kappa shape index (κ1) is 11.9. The summed E-state index contributed by atoms with van der Waals surface area (Å²) in [7, 11) is 0. The third-order valence-electron chi connectivity index (χ3n) is 1.01. The van der Waals surface area contributed by atoms with E-state index in [9.17, 15) is 0 Å². The van der Waals surface area contributed by atoms with Gasteiger partial charge in [-0.3, -0.25) is 0 Å². The number of hydrogen-bond donors (Lipinski definition) is 2. The number of ether oxygens (including phenoxy) is 1. The van der Waals surface area contributed by atoms with Crippen LogP contribution in [0, 0.1) is 0 Å². The fraction of sp³-hybridized carbons (Fsp3) is 0.571. The Morgan fingerprint density at radius 2 is 2.42 bits per heavy atom. The Bertz CT molecular complexity index is 159. The number of rotatable bonds is 4. The van der Waals surface area contributed by atoms with Crippen molar-refractivity contribution in [2.75, 3.05) is 19.5 Å². The molecule has 70 valence electrons. The second kappa shape index (κ2) is 7.54. The van der Waals surface area contributed by atoms with Crippen molar-refractivity contribution in [2.24, 2.45) is 0 Å². The summed E-state index contributed by atoms with van der Waals surface area (Å²) in [6.45, 7) is 0.0558. The quantitative estimate of drug-likeness (QED) is 0.522. The molecule has 0 heterocycles. The van der Waals surface area contributed by atoms with Gasteiger partial charge in [-0.05, 0) is 24.5 Å². The standard InChI is InChI=1S/C7H12O3S2/c1-12-7(11)10-4-2-3-6(9)5-8/h2-3,6,8-9H,4-5H2,1H3/b3-2+/t6-/m0/s1. The van der Waals surface area contributed by atoms with Crippen LogP contribution in [0.15, 0.2) is 12.2 Å². The summed E-state index contributed by atoms with van der Waals surface area (Å²) in [5.74, 6) is 0. The smallest absolute Gasteiger partial charge is 0.220 e. The summed E-state index contributed by atoms with van der Waals surface area (Å²) in [6, 6.07) is 0. The van der Waals surface area contributed by atoms with Crippen LogP contribution in [-0.4, -0.2) is 40.2 Å². The van der Waals surface area contributed by atoms with Gasteiger partial charge in [0.15, 0.2) is 0 Å². The Balaban J connectivity index is 3.42. The van der Waals surface area contributed by atoms with Crippen LogP contribution in [0.3, 0.4) is 0 Å². The van der Waals surface area contributed by atoms with Crippen LogP contribution in [0.5, 0.6) is 0 Å². The molecule has 0 aliphatic carbocycles. The number of thioether (sulfide) groups is 1. The lowest BCUT2D eigenvalue weighted by molar-refractivity contribution is 0.130. The van der Waals surface area contributed by atoms with Gasteiger partial charge in [-0.1, -0.05) is 17.8 Å². The maximum atomic E-state index is 8.85. The largest absolute Gasteiger partial charge is 0.474 e. The minimum absolute atomic E-state index is 0.274. The molecule has 12 heavy (non-hydrogen) atoms. The van der Waals surface area contributed by atoms with Crippen molar-refractivity contribution in [3.63, 3.8) is 0 Å². The van der Waals surface area contributed by atoms with Crippen LogP contribution >= 0.6 is 24.0 Å². The molecule has 0 aliphatic heterocycles. The van der Waals surface area contributed by atoms with E-state index in [0.29, 0.717) is 11.0 Å². The third-order valence-corrected chi connectivity index (χ3v) is 2.08. The summed E-state index contributed by atoms with van der Waals surface area (Å²) < 4.78 is 5.47. The van der Waals surface area contributed by atoms with Crippen LogP contribution < -0.4 is 0 Å². The van der Waals surface area contributed by atoms with Gasteiger partial charge in [-0.25, -0.2) is 0 Å². The lowest BCUT2D eigenvalue weighted by Gasteiger charge is -2.01. The van der Waals surface area contributed by atoms with Crippen molar-refractivity contribution in [1.82, 2.24) is 0 Å². The van der Waals surface area contributed by atoms with E-state index in [1.807, 2.05) is 6.26 Å². The van der Waals surface area contributed by atoms with Crippen molar-refractivity contribution < 1.29 is 14.9 Å². The van der Waals surface area contributed by atoms with Gasteiger partial charge in [0, 0.05) is 0 Å². The van der Waals surface area contributed by atoms with Gasteiger partial charge in [-0.2, -0.15) is 0 Å². The number of hydrogen-bond acceptors (Lipinski definition) is 5. The minimum Gasteiger partial charge on any atom is -0.474 e. The van der Waals surface area contributed by atoms with E-state index >= 15 is 0 Å². The average Bonchev–Trinajstić information content (AvgIpc) is 2.11. The Labute approximate surface area is 81.4 Å². The Hall–Kier alpha value is -0.100. The van der Waals surface area contributed by atoms with E-state index in [0.717, 1.165) is 0 Å². The van der Waals surface area contributed by atoms with Gasteiger partial charge >= 0.3 is 0 Å². The Morgan fingerprint density at radius 1 is 1.75 bits per heavy atom. The number of aliphatic hydroxyl groups excluding tert-OH is 2. The Kier molecular flexibility index (Phi) is 7.48. The van der Waals surface area contributed by atoms with Crippen molar-refractivity contribution in [3.05, 3.63) is 12.2 Å². The molecule has 0 saturated carbocycles. The first-order valence-corrected chi connectivity index (χ1v) is 5.00. The zero-order chi connectivity index (χ0) is 9.40. The monoisotopic (exact) mass is 208 g/mol. The van der Waals surface area contributed by atoms with E-state index in [1.165, 1.54) is 17.8 Å². The third kappa shape index (κ3) is 6.60. The van der Waals surface area contributed by atoms with Crippen LogP contribution in [0.2, 0.25) is 0 Å². The summed E-state index contributed by atoms with van der Waals surface area (Å²) in [5.41, 5.74) is 0. The fourth-order valence-electron chi connectivity index (χ4n) is 0.449. The highest BCUT2D eigenvalue weighted by atomic mass is 32.2. The molecule has 0 rings (SSSR count). The molecule has 0 aromatic heterocycles. The van der Waals surface area contributed by atoms with Crippen molar-refractivity contribution in [3.8, 4) is 0 Å². The lowest BCUT2D eigenvalue weighted by atomic mass is 10.3. The Morgan fingerprint density at radius 3 is 2.92 bits per heavy atom. The van der Waals surface area contributed by atoms with Crippen LogP contribution in [0.25, 0.3) is 0 Å². The van der Waals surface area contributed by atoms with Gasteiger partial charge < -0.3 is 14.9 Å². The van der Waals surface area contributed by atoms with Crippen molar-refractivity contribution >= 4 is 28.4 Å². The van der Waals surface area contributed by atoms with E-state index < -0.39 is 6.10 Å². The van der Waals surface area contributed by atoms with E-state index in [-0.39, 0.29) is 6.61 Å². The van der Waals surface area contributed by atoms with Crippen LogP contribution in [-0.2, 0) is 4.74 Å². The average molecular weight is 208 g/mol. The summed E-state index contributed by atoms with van der Waals surface area (Å²) in [5, 5.41) is 17.3. The molecule has 5 heteroatoms. The first-order chi connectivity index (χ1) is 5.70. The highest BCUT2D eigenvalue weighted by Gasteiger charge is 1.94. The molecule has 0 saturated heterocycles. The molecular formula is C7H12O3S2. The molecule has 3 nitrogen and oxygen atoms in total. The molecule has 0 fully saturated rings. The predicted octanol–water partition coefficient (Wildman–Crippen LogP) is 0.560. The van der Waals surface area contributed by atoms with E-state index in [1.54, 1.807) is 6.08 Å². The SMILES string of the molecule is CSC(=S)OC/C=C/[C@H](O)CO. The van der Waals surface area contributed by atoms with Crippen LogP contribution in [0.4, 0.5) is 0 Å². The summed E-state index contributed by atoms with van der Waals surface area (Å²) in [4.78, 5) is 0. The van der Waals surface area contributed by atoms with E-state index in [4.69, 9.17) is 27.2 Å². The second-order valence-corrected chi connectivity index (χ2v) is 3.35. The molecule has 0 spiro atoms. The molecule has 2 N–H and O–H groups in total.